The zero-order valence-electron chi connectivity index (χ0n) is 11.5. The van der Waals surface area contributed by atoms with Gasteiger partial charge in [-0.15, -0.1) is 0 Å². The molecule has 0 aliphatic carbocycles. The fourth-order valence-corrected chi connectivity index (χ4v) is 2.26. The maximum atomic E-state index is 11.9. The van der Waals surface area contributed by atoms with Gasteiger partial charge >= 0.3 is 6.03 Å². The van der Waals surface area contributed by atoms with Crippen molar-refractivity contribution in [2.45, 2.75) is 6.04 Å². The molecule has 0 bridgehead atoms. The number of urea groups is 1. The third kappa shape index (κ3) is 2.76. The first-order valence-corrected chi connectivity index (χ1v) is 6.27. The molecule has 0 saturated carbocycles. The highest BCUT2D eigenvalue weighted by Crippen LogP contribution is 2.21. The minimum Gasteiger partial charge on any atom is -0.318 e. The van der Waals surface area contributed by atoms with E-state index in [-0.39, 0.29) is 24.5 Å². The standard InChI is InChI=1S/C14H19N3O2/c1-15(2)12(11-7-5-4-6-8-11)9-17-13(18)10-16(3)14(17)19/h4-8,12H,9-10H2,1-3H3. The van der Waals surface area contributed by atoms with Gasteiger partial charge in [-0.1, -0.05) is 30.3 Å². The van der Waals surface area contributed by atoms with Gasteiger partial charge in [0.25, 0.3) is 0 Å². The molecule has 2 rings (SSSR count). The van der Waals surface area contributed by atoms with Crippen LogP contribution in [0.4, 0.5) is 4.79 Å². The fourth-order valence-electron chi connectivity index (χ4n) is 2.26. The summed E-state index contributed by atoms with van der Waals surface area (Å²) in [5, 5.41) is 0. The number of hydrogen-bond acceptors (Lipinski definition) is 3. The van der Waals surface area contributed by atoms with Crippen molar-refractivity contribution in [1.82, 2.24) is 14.7 Å². The molecular formula is C14H19N3O2. The number of amides is 3. The molecule has 0 N–H and O–H groups in total. The largest absolute Gasteiger partial charge is 0.327 e. The van der Waals surface area contributed by atoms with Crippen molar-refractivity contribution >= 4 is 11.9 Å². The van der Waals surface area contributed by atoms with Crippen molar-refractivity contribution in [1.29, 1.82) is 0 Å². The number of rotatable bonds is 4. The Morgan fingerprint density at radius 1 is 1.21 bits per heavy atom. The number of likely N-dealkylation sites (N-methyl/N-ethyl adjacent to an activating group) is 2. The summed E-state index contributed by atoms with van der Waals surface area (Å²) in [5.74, 6) is -0.129. The minimum absolute atomic E-state index is 0.0144. The summed E-state index contributed by atoms with van der Waals surface area (Å²) in [7, 11) is 5.55. The monoisotopic (exact) mass is 261 g/mol. The van der Waals surface area contributed by atoms with E-state index in [9.17, 15) is 9.59 Å². The van der Waals surface area contributed by atoms with Gasteiger partial charge < -0.3 is 9.80 Å². The molecule has 0 radical (unpaired) electrons. The van der Waals surface area contributed by atoms with Crippen LogP contribution in [0.5, 0.6) is 0 Å². The molecule has 1 saturated heterocycles. The summed E-state index contributed by atoms with van der Waals surface area (Å²) in [5.41, 5.74) is 1.10. The highest BCUT2D eigenvalue weighted by molar-refractivity contribution is 6.01. The highest BCUT2D eigenvalue weighted by atomic mass is 16.2. The fraction of sp³-hybridized carbons (Fsp3) is 0.429. The van der Waals surface area contributed by atoms with E-state index >= 15 is 0 Å². The van der Waals surface area contributed by atoms with Crippen LogP contribution in [-0.2, 0) is 4.79 Å². The Bertz CT molecular complexity index is 473. The number of carbonyl (C=O) groups excluding carboxylic acids is 2. The van der Waals surface area contributed by atoms with Crippen LogP contribution >= 0.6 is 0 Å². The first kappa shape index (κ1) is 13.5. The van der Waals surface area contributed by atoms with E-state index in [0.717, 1.165) is 5.56 Å². The molecule has 19 heavy (non-hydrogen) atoms. The van der Waals surface area contributed by atoms with E-state index < -0.39 is 0 Å². The summed E-state index contributed by atoms with van der Waals surface area (Å²) >= 11 is 0. The second kappa shape index (κ2) is 5.40. The van der Waals surface area contributed by atoms with Crippen LogP contribution in [0.15, 0.2) is 30.3 Å². The van der Waals surface area contributed by atoms with Gasteiger partial charge in [0.15, 0.2) is 0 Å². The Balaban J connectivity index is 2.19. The van der Waals surface area contributed by atoms with E-state index in [1.54, 1.807) is 7.05 Å². The molecule has 0 aromatic heterocycles. The molecule has 1 aliphatic heterocycles. The summed E-state index contributed by atoms with van der Waals surface area (Å²) in [6.07, 6.45) is 0. The third-order valence-electron chi connectivity index (χ3n) is 3.39. The summed E-state index contributed by atoms with van der Waals surface area (Å²) in [6.45, 7) is 0.562. The van der Waals surface area contributed by atoms with Gasteiger partial charge in [0.05, 0.1) is 12.6 Å². The van der Waals surface area contributed by atoms with Crippen molar-refractivity contribution in [2.75, 3.05) is 34.2 Å². The summed E-state index contributed by atoms with van der Waals surface area (Å²) in [4.78, 5) is 28.5. The normalized spacial score (nSPS) is 17.5. The lowest BCUT2D eigenvalue weighted by molar-refractivity contribution is -0.125. The number of imide groups is 1. The SMILES string of the molecule is CN1CC(=O)N(CC(c2ccccc2)N(C)C)C1=O. The number of nitrogens with zero attached hydrogens (tertiary/aromatic N) is 3. The molecule has 0 spiro atoms. The zero-order chi connectivity index (χ0) is 14.0. The number of benzene rings is 1. The molecule has 3 amide bonds. The Morgan fingerprint density at radius 3 is 2.32 bits per heavy atom. The lowest BCUT2D eigenvalue weighted by Crippen LogP contribution is -2.39. The smallest absolute Gasteiger partial charge is 0.318 e. The molecule has 1 aromatic rings. The number of hydrogen-bond donors (Lipinski definition) is 0. The maximum Gasteiger partial charge on any atom is 0.327 e. The highest BCUT2D eigenvalue weighted by Gasteiger charge is 2.35. The van der Waals surface area contributed by atoms with Gasteiger partial charge in [-0.25, -0.2) is 4.79 Å². The van der Waals surface area contributed by atoms with E-state index in [2.05, 4.69) is 0 Å². The first-order chi connectivity index (χ1) is 9.00. The topological polar surface area (TPSA) is 43.9 Å². The molecule has 1 fully saturated rings. The Labute approximate surface area is 113 Å². The summed E-state index contributed by atoms with van der Waals surface area (Å²) < 4.78 is 0. The van der Waals surface area contributed by atoms with E-state index in [1.165, 1.54) is 9.80 Å². The second-order valence-electron chi connectivity index (χ2n) is 5.03. The lowest BCUT2D eigenvalue weighted by Gasteiger charge is -2.28. The average Bonchev–Trinajstić information content (AvgIpc) is 2.62. The van der Waals surface area contributed by atoms with Crippen molar-refractivity contribution in [3.05, 3.63) is 35.9 Å². The predicted molar refractivity (Wildman–Crippen MR) is 72.6 cm³/mol. The second-order valence-corrected chi connectivity index (χ2v) is 5.03. The van der Waals surface area contributed by atoms with Crippen molar-refractivity contribution in [3.63, 3.8) is 0 Å². The van der Waals surface area contributed by atoms with Crippen molar-refractivity contribution in [2.24, 2.45) is 0 Å². The van der Waals surface area contributed by atoms with Crippen LogP contribution < -0.4 is 0 Å². The van der Waals surface area contributed by atoms with Gasteiger partial charge in [0.1, 0.15) is 6.54 Å². The van der Waals surface area contributed by atoms with Crippen LogP contribution in [0, 0.1) is 0 Å². The van der Waals surface area contributed by atoms with Gasteiger partial charge in [0.2, 0.25) is 5.91 Å². The number of carbonyl (C=O) groups is 2. The molecule has 1 unspecified atom stereocenters. The maximum absolute atomic E-state index is 11.9. The van der Waals surface area contributed by atoms with E-state index in [0.29, 0.717) is 6.54 Å². The van der Waals surface area contributed by atoms with Crippen molar-refractivity contribution in [3.8, 4) is 0 Å². The van der Waals surface area contributed by atoms with Crippen LogP contribution in [0.25, 0.3) is 0 Å². The quantitative estimate of drug-likeness (QED) is 0.765. The molecule has 1 aromatic carbocycles. The molecule has 1 atom stereocenters. The Kier molecular flexibility index (Phi) is 3.85. The molecule has 5 heteroatoms. The van der Waals surface area contributed by atoms with Crippen LogP contribution in [-0.4, -0.2) is 60.9 Å². The first-order valence-electron chi connectivity index (χ1n) is 6.27. The van der Waals surface area contributed by atoms with E-state index in [4.69, 9.17) is 0 Å². The third-order valence-corrected chi connectivity index (χ3v) is 3.39. The summed E-state index contributed by atoms with van der Waals surface area (Å²) in [6, 6.07) is 9.71. The minimum atomic E-state index is -0.215. The molecule has 1 heterocycles. The predicted octanol–water partition coefficient (Wildman–Crippen LogP) is 1.18. The van der Waals surface area contributed by atoms with Crippen molar-refractivity contribution < 1.29 is 9.59 Å². The lowest BCUT2D eigenvalue weighted by atomic mass is 10.1. The van der Waals surface area contributed by atoms with Crippen LogP contribution in [0.1, 0.15) is 11.6 Å². The van der Waals surface area contributed by atoms with Gasteiger partial charge in [-0.3, -0.25) is 9.69 Å². The Morgan fingerprint density at radius 2 is 1.84 bits per heavy atom. The van der Waals surface area contributed by atoms with Gasteiger partial charge in [0, 0.05) is 7.05 Å². The zero-order valence-corrected chi connectivity index (χ0v) is 11.5. The molecule has 1 aliphatic rings. The van der Waals surface area contributed by atoms with Gasteiger partial charge in [-0.05, 0) is 19.7 Å². The molecule has 102 valence electrons. The Hall–Kier alpha value is -1.88. The van der Waals surface area contributed by atoms with Crippen LogP contribution in [0.3, 0.4) is 0 Å². The molecular weight excluding hydrogens is 242 g/mol. The van der Waals surface area contributed by atoms with Crippen LogP contribution in [0.2, 0.25) is 0 Å². The molecule has 5 nitrogen and oxygen atoms in total. The average molecular weight is 261 g/mol. The van der Waals surface area contributed by atoms with Gasteiger partial charge in [-0.2, -0.15) is 0 Å². The van der Waals surface area contributed by atoms with E-state index in [1.807, 2.05) is 49.3 Å².